The van der Waals surface area contributed by atoms with E-state index in [0.717, 1.165) is 25.6 Å². The number of nitrogens with zero attached hydrogens (tertiary/aromatic N) is 2. The molecule has 0 aromatic heterocycles. The molecule has 2 saturated heterocycles. The van der Waals surface area contributed by atoms with Crippen molar-refractivity contribution < 1.29 is 0 Å². The van der Waals surface area contributed by atoms with E-state index in [1.165, 1.54) is 30.8 Å². The summed E-state index contributed by atoms with van der Waals surface area (Å²) in [7, 11) is 0. The number of likely N-dealkylation sites (tertiary alicyclic amines) is 1. The average molecular weight is 183 g/mol. The van der Waals surface area contributed by atoms with Crippen molar-refractivity contribution in [2.75, 3.05) is 19.6 Å². The molecule has 0 unspecified atom stereocenters. The molecule has 2 heterocycles. The van der Waals surface area contributed by atoms with E-state index in [4.69, 9.17) is 12.2 Å². The van der Waals surface area contributed by atoms with Gasteiger partial charge < -0.3 is 4.90 Å². The van der Waals surface area contributed by atoms with Crippen LogP contribution in [0.1, 0.15) is 25.7 Å². The predicted octanol–water partition coefficient (Wildman–Crippen LogP) is 1.18. The lowest BCUT2D eigenvalue weighted by molar-refractivity contribution is 0.269. The lowest BCUT2D eigenvalue weighted by Crippen LogP contribution is -2.41. The van der Waals surface area contributed by atoms with Crippen molar-refractivity contribution >= 4 is 17.2 Å². The van der Waals surface area contributed by atoms with E-state index in [9.17, 15) is 0 Å². The van der Waals surface area contributed by atoms with E-state index in [2.05, 4.69) is 10.2 Å². The van der Waals surface area contributed by atoms with Gasteiger partial charge in [-0.1, -0.05) is 12.2 Å². The molecule has 0 aromatic rings. The molecule has 0 saturated carbocycles. The monoisotopic (exact) mass is 183 g/mol. The molecule has 67 valence electrons. The van der Waals surface area contributed by atoms with Crippen LogP contribution in [-0.4, -0.2) is 35.6 Å². The van der Waals surface area contributed by atoms with Gasteiger partial charge in [-0.15, -0.1) is 0 Å². The zero-order valence-corrected chi connectivity index (χ0v) is 8.15. The summed E-state index contributed by atoms with van der Waals surface area (Å²) in [5.41, 5.74) is 0. The van der Waals surface area contributed by atoms with Crippen molar-refractivity contribution in [3.8, 4) is 0 Å². The fraction of sp³-hybridized carbons (Fsp3) is 0.889. The number of hydrogen-bond acceptors (Lipinski definition) is 1. The second-order valence-corrected chi connectivity index (χ2v) is 4.06. The smallest absolute Gasteiger partial charge is 0.0782 e. The van der Waals surface area contributed by atoms with Gasteiger partial charge in [-0.25, -0.2) is 5.32 Å². The first-order chi connectivity index (χ1) is 5.88. The van der Waals surface area contributed by atoms with E-state index >= 15 is 0 Å². The van der Waals surface area contributed by atoms with Gasteiger partial charge in [0.2, 0.25) is 0 Å². The minimum absolute atomic E-state index is 0.720. The van der Waals surface area contributed by atoms with Crippen LogP contribution >= 0.6 is 12.2 Å². The third-order valence-electron chi connectivity index (χ3n) is 2.79. The Morgan fingerprint density at radius 2 is 2.08 bits per heavy atom. The third kappa shape index (κ3) is 1.62. The lowest BCUT2D eigenvalue weighted by Gasteiger charge is -2.32. The molecule has 0 aromatic carbocycles. The van der Waals surface area contributed by atoms with Crippen LogP contribution < -0.4 is 5.32 Å². The van der Waals surface area contributed by atoms with Crippen LogP contribution in [0.5, 0.6) is 0 Å². The molecule has 0 atom stereocenters. The molecule has 0 aliphatic carbocycles. The Labute approximate surface area is 79.3 Å². The maximum atomic E-state index is 5.32. The first-order valence-corrected chi connectivity index (χ1v) is 5.21. The van der Waals surface area contributed by atoms with Crippen LogP contribution in [0.25, 0.3) is 0 Å². The molecular weight excluding hydrogens is 168 g/mol. The topological polar surface area (TPSA) is 17.3 Å². The predicted molar refractivity (Wildman–Crippen MR) is 53.4 cm³/mol. The Morgan fingerprint density at radius 1 is 1.33 bits per heavy atom. The molecule has 0 bridgehead atoms. The van der Waals surface area contributed by atoms with Crippen LogP contribution in [0.15, 0.2) is 0 Å². The Balaban J connectivity index is 1.93. The van der Waals surface area contributed by atoms with Gasteiger partial charge in [0.05, 0.1) is 4.99 Å². The molecular formula is C9H15N2S. The zero-order chi connectivity index (χ0) is 8.39. The molecule has 1 radical (unpaired) electrons. The second-order valence-electron chi connectivity index (χ2n) is 3.59. The van der Waals surface area contributed by atoms with Gasteiger partial charge in [0.15, 0.2) is 0 Å². The fourth-order valence-electron chi connectivity index (χ4n) is 2.10. The van der Waals surface area contributed by atoms with Gasteiger partial charge >= 0.3 is 0 Å². The second kappa shape index (κ2) is 3.71. The summed E-state index contributed by atoms with van der Waals surface area (Å²) in [6.07, 6.45) is 4.86. The average Bonchev–Trinajstić information content (AvgIpc) is 2.53. The van der Waals surface area contributed by atoms with Crippen molar-refractivity contribution in [3.05, 3.63) is 0 Å². The SMILES string of the molecule is S=C1CCCN1C1CC[N]CC1. The van der Waals surface area contributed by atoms with E-state index in [0.29, 0.717) is 0 Å². The molecule has 2 aliphatic rings. The fourth-order valence-corrected chi connectivity index (χ4v) is 2.49. The first kappa shape index (κ1) is 8.45. The first-order valence-electron chi connectivity index (χ1n) is 4.80. The van der Waals surface area contributed by atoms with Crippen molar-refractivity contribution in [1.29, 1.82) is 0 Å². The quantitative estimate of drug-likeness (QED) is 0.568. The maximum absolute atomic E-state index is 5.32. The number of hydrogen-bond donors (Lipinski definition) is 0. The highest BCUT2D eigenvalue weighted by Gasteiger charge is 2.26. The molecule has 2 aliphatic heterocycles. The third-order valence-corrected chi connectivity index (χ3v) is 3.23. The van der Waals surface area contributed by atoms with E-state index < -0.39 is 0 Å². The summed E-state index contributed by atoms with van der Waals surface area (Å²) in [5, 5.41) is 4.35. The normalized spacial score (nSPS) is 26.7. The van der Waals surface area contributed by atoms with Crippen molar-refractivity contribution in [2.45, 2.75) is 31.7 Å². The minimum atomic E-state index is 0.720. The highest BCUT2D eigenvalue weighted by atomic mass is 32.1. The van der Waals surface area contributed by atoms with Crippen LogP contribution in [-0.2, 0) is 0 Å². The van der Waals surface area contributed by atoms with Gasteiger partial charge in [0.1, 0.15) is 0 Å². The summed E-state index contributed by atoms with van der Waals surface area (Å²) in [6.45, 7) is 3.29. The van der Waals surface area contributed by atoms with E-state index in [1.807, 2.05) is 0 Å². The molecule has 12 heavy (non-hydrogen) atoms. The summed E-state index contributed by atoms with van der Waals surface area (Å²) in [6, 6.07) is 0.720. The molecule has 2 nitrogen and oxygen atoms in total. The van der Waals surface area contributed by atoms with Gasteiger partial charge in [0.25, 0.3) is 0 Å². The highest BCUT2D eigenvalue weighted by Crippen LogP contribution is 2.20. The Kier molecular flexibility index (Phi) is 2.61. The van der Waals surface area contributed by atoms with Crippen molar-refractivity contribution in [3.63, 3.8) is 0 Å². The highest BCUT2D eigenvalue weighted by molar-refractivity contribution is 7.80. The maximum Gasteiger partial charge on any atom is 0.0782 e. The molecule has 0 N–H and O–H groups in total. The van der Waals surface area contributed by atoms with E-state index in [1.54, 1.807) is 0 Å². The summed E-state index contributed by atoms with van der Waals surface area (Å²) >= 11 is 5.32. The van der Waals surface area contributed by atoms with Crippen molar-refractivity contribution in [2.24, 2.45) is 0 Å². The number of piperidine rings is 1. The van der Waals surface area contributed by atoms with Gasteiger partial charge in [-0.3, -0.25) is 0 Å². The van der Waals surface area contributed by atoms with Crippen LogP contribution in [0.2, 0.25) is 0 Å². The molecule has 2 rings (SSSR count). The molecule has 3 heteroatoms. The largest absolute Gasteiger partial charge is 0.363 e. The zero-order valence-electron chi connectivity index (χ0n) is 7.33. The van der Waals surface area contributed by atoms with Crippen LogP contribution in [0.3, 0.4) is 0 Å². The van der Waals surface area contributed by atoms with Crippen molar-refractivity contribution in [1.82, 2.24) is 10.2 Å². The summed E-state index contributed by atoms with van der Waals surface area (Å²) in [4.78, 5) is 3.63. The van der Waals surface area contributed by atoms with E-state index in [-0.39, 0.29) is 0 Å². The van der Waals surface area contributed by atoms with Crippen LogP contribution in [0, 0.1) is 0 Å². The molecule has 2 fully saturated rings. The minimum Gasteiger partial charge on any atom is -0.363 e. The Hall–Kier alpha value is -0.150. The summed E-state index contributed by atoms with van der Waals surface area (Å²) < 4.78 is 0. The van der Waals surface area contributed by atoms with Gasteiger partial charge in [0, 0.05) is 25.7 Å². The number of thiocarbonyl (C=S) groups is 1. The summed E-state index contributed by atoms with van der Waals surface area (Å²) in [5.74, 6) is 0. The number of rotatable bonds is 1. The Morgan fingerprint density at radius 3 is 2.67 bits per heavy atom. The lowest BCUT2D eigenvalue weighted by atomic mass is 10.1. The Bertz CT molecular complexity index is 175. The van der Waals surface area contributed by atoms with Crippen LogP contribution in [0.4, 0.5) is 0 Å². The van der Waals surface area contributed by atoms with Gasteiger partial charge in [-0.05, 0) is 25.7 Å². The molecule has 0 spiro atoms. The standard InChI is InChI=1S/C9H15N2S/c12-9-2-1-7-11(9)8-3-5-10-6-4-8/h8H,1-7H2. The van der Waals surface area contributed by atoms with Gasteiger partial charge in [-0.2, -0.15) is 0 Å². The molecule has 0 amide bonds.